The topological polar surface area (TPSA) is 70.5 Å². The van der Waals surface area contributed by atoms with Gasteiger partial charge in [-0.3, -0.25) is 4.79 Å². The summed E-state index contributed by atoms with van der Waals surface area (Å²) in [5.41, 5.74) is 0.606. The Bertz CT molecular complexity index is 542. The average molecular weight is 274 g/mol. The van der Waals surface area contributed by atoms with Gasteiger partial charge in [0, 0.05) is 19.3 Å². The Balaban J connectivity index is 2.29. The Morgan fingerprint density at radius 1 is 1.37 bits per heavy atom. The second kappa shape index (κ2) is 4.52. The number of aromatic nitrogens is 1. The molecule has 1 aliphatic heterocycles. The van der Waals surface area contributed by atoms with Crippen LogP contribution in [0.3, 0.4) is 0 Å². The SMILES string of the molecule is O=C(O)c1nccc2c1CCN(C(=O)C(F)(F)F)C2. The molecule has 1 N–H and O–H groups in total. The van der Waals surface area contributed by atoms with Crippen LogP contribution in [0.15, 0.2) is 12.3 Å². The van der Waals surface area contributed by atoms with Gasteiger partial charge in [0.1, 0.15) is 0 Å². The summed E-state index contributed by atoms with van der Waals surface area (Å²) < 4.78 is 37.0. The molecule has 0 radical (unpaired) electrons. The quantitative estimate of drug-likeness (QED) is 0.836. The third-order valence-electron chi connectivity index (χ3n) is 2.88. The van der Waals surface area contributed by atoms with Gasteiger partial charge >= 0.3 is 18.1 Å². The maximum atomic E-state index is 12.3. The highest BCUT2D eigenvalue weighted by Crippen LogP contribution is 2.25. The smallest absolute Gasteiger partial charge is 0.471 e. The number of alkyl halides is 3. The lowest BCUT2D eigenvalue weighted by Gasteiger charge is -2.29. The Morgan fingerprint density at radius 2 is 2.05 bits per heavy atom. The maximum Gasteiger partial charge on any atom is 0.471 e. The molecule has 0 unspecified atom stereocenters. The van der Waals surface area contributed by atoms with Crippen molar-refractivity contribution in [2.75, 3.05) is 6.54 Å². The van der Waals surface area contributed by atoms with Crippen LogP contribution in [-0.2, 0) is 17.8 Å². The lowest BCUT2D eigenvalue weighted by Crippen LogP contribution is -2.44. The molecular weight excluding hydrogens is 265 g/mol. The molecule has 5 nitrogen and oxygen atoms in total. The number of halogens is 3. The molecular formula is C11H9F3N2O3. The van der Waals surface area contributed by atoms with E-state index in [4.69, 9.17) is 5.11 Å². The third kappa shape index (κ3) is 2.51. The van der Waals surface area contributed by atoms with E-state index in [0.29, 0.717) is 16.0 Å². The Kier molecular flexibility index (Phi) is 3.17. The van der Waals surface area contributed by atoms with E-state index in [9.17, 15) is 22.8 Å². The number of carboxylic acids is 1. The normalized spacial score (nSPS) is 15.0. The van der Waals surface area contributed by atoms with Gasteiger partial charge in [-0.2, -0.15) is 13.2 Å². The van der Waals surface area contributed by atoms with Crippen molar-refractivity contribution in [1.29, 1.82) is 0 Å². The van der Waals surface area contributed by atoms with Crippen molar-refractivity contribution >= 4 is 11.9 Å². The highest BCUT2D eigenvalue weighted by Gasteiger charge is 2.43. The molecule has 0 atom stereocenters. The van der Waals surface area contributed by atoms with Crippen LogP contribution in [0.2, 0.25) is 0 Å². The molecule has 0 spiro atoms. The minimum atomic E-state index is -4.92. The van der Waals surface area contributed by atoms with Gasteiger partial charge in [0.2, 0.25) is 0 Å². The molecule has 0 aromatic carbocycles. The maximum absolute atomic E-state index is 12.3. The second-order valence-corrected chi connectivity index (χ2v) is 4.08. The van der Waals surface area contributed by atoms with Crippen molar-refractivity contribution in [3.63, 3.8) is 0 Å². The summed E-state index contributed by atoms with van der Waals surface area (Å²) in [5.74, 6) is -3.14. The van der Waals surface area contributed by atoms with Gasteiger partial charge in [-0.15, -0.1) is 0 Å². The lowest BCUT2D eigenvalue weighted by molar-refractivity contribution is -0.186. The summed E-state index contributed by atoms with van der Waals surface area (Å²) in [6.45, 7) is -0.423. The molecule has 1 aromatic rings. The van der Waals surface area contributed by atoms with Crippen LogP contribution in [0.4, 0.5) is 13.2 Å². The second-order valence-electron chi connectivity index (χ2n) is 4.08. The van der Waals surface area contributed by atoms with Crippen molar-refractivity contribution in [3.8, 4) is 0 Å². The number of amides is 1. The standard InChI is InChI=1S/C11H9F3N2O3/c12-11(13,14)10(19)16-4-2-7-6(5-16)1-3-15-8(7)9(17)18/h1,3H,2,4-5H2,(H,17,18). The molecule has 0 bridgehead atoms. The van der Waals surface area contributed by atoms with Gasteiger partial charge in [0.25, 0.3) is 0 Å². The molecule has 0 saturated heterocycles. The van der Waals surface area contributed by atoms with Gasteiger partial charge < -0.3 is 10.0 Å². The van der Waals surface area contributed by atoms with Crippen molar-refractivity contribution in [2.24, 2.45) is 0 Å². The number of carboxylic acid groups (broad SMARTS) is 1. The van der Waals surface area contributed by atoms with E-state index in [1.165, 1.54) is 12.3 Å². The van der Waals surface area contributed by atoms with E-state index in [1.54, 1.807) is 0 Å². The van der Waals surface area contributed by atoms with E-state index in [2.05, 4.69) is 4.98 Å². The summed E-state index contributed by atoms with van der Waals surface area (Å²) in [5, 5.41) is 8.92. The molecule has 2 rings (SSSR count). The highest BCUT2D eigenvalue weighted by molar-refractivity contribution is 5.88. The molecule has 0 aliphatic carbocycles. The van der Waals surface area contributed by atoms with E-state index in [1.807, 2.05) is 0 Å². The fourth-order valence-corrected chi connectivity index (χ4v) is 2.03. The number of hydrogen-bond acceptors (Lipinski definition) is 3. The third-order valence-corrected chi connectivity index (χ3v) is 2.88. The minimum absolute atomic E-state index is 0.0482. The van der Waals surface area contributed by atoms with Crippen LogP contribution < -0.4 is 0 Å². The Hall–Kier alpha value is -2.12. The van der Waals surface area contributed by atoms with Crippen molar-refractivity contribution < 1.29 is 27.9 Å². The fraction of sp³-hybridized carbons (Fsp3) is 0.364. The summed E-state index contributed by atoms with van der Waals surface area (Å²) in [6.07, 6.45) is -3.66. The predicted molar refractivity (Wildman–Crippen MR) is 56.4 cm³/mol. The van der Waals surface area contributed by atoms with Crippen LogP contribution in [-0.4, -0.2) is 39.6 Å². The largest absolute Gasteiger partial charge is 0.477 e. The van der Waals surface area contributed by atoms with Gasteiger partial charge in [-0.1, -0.05) is 0 Å². The first kappa shape index (κ1) is 13.3. The highest BCUT2D eigenvalue weighted by atomic mass is 19.4. The van der Waals surface area contributed by atoms with Crippen molar-refractivity contribution in [1.82, 2.24) is 9.88 Å². The zero-order valence-electron chi connectivity index (χ0n) is 9.57. The van der Waals surface area contributed by atoms with Gasteiger partial charge in [0.15, 0.2) is 5.69 Å². The molecule has 1 amide bonds. The number of aromatic carboxylic acids is 1. The Labute approximate surface area is 105 Å². The van der Waals surface area contributed by atoms with Crippen LogP contribution >= 0.6 is 0 Å². The number of hydrogen-bond donors (Lipinski definition) is 1. The number of rotatable bonds is 1. The molecule has 8 heteroatoms. The summed E-state index contributed by atoms with van der Waals surface area (Å²) in [6, 6.07) is 1.43. The summed E-state index contributed by atoms with van der Waals surface area (Å²) >= 11 is 0. The first-order valence-corrected chi connectivity index (χ1v) is 5.37. The molecule has 1 aromatic heterocycles. The predicted octanol–water partition coefficient (Wildman–Crippen LogP) is 1.23. The van der Waals surface area contributed by atoms with Crippen molar-refractivity contribution in [2.45, 2.75) is 19.1 Å². The van der Waals surface area contributed by atoms with Crippen LogP contribution in [0, 0.1) is 0 Å². The number of pyridine rings is 1. The fourth-order valence-electron chi connectivity index (χ4n) is 2.03. The zero-order valence-corrected chi connectivity index (χ0v) is 9.57. The molecule has 19 heavy (non-hydrogen) atoms. The van der Waals surface area contributed by atoms with Gasteiger partial charge in [-0.25, -0.2) is 9.78 Å². The number of fused-ring (bicyclic) bond motifs is 1. The lowest BCUT2D eigenvalue weighted by atomic mass is 9.98. The zero-order chi connectivity index (χ0) is 14.2. The summed E-state index contributed by atoms with van der Waals surface area (Å²) in [4.78, 5) is 26.4. The van der Waals surface area contributed by atoms with Crippen LogP contribution in [0.1, 0.15) is 21.6 Å². The van der Waals surface area contributed by atoms with Crippen molar-refractivity contribution in [3.05, 3.63) is 29.1 Å². The first-order valence-electron chi connectivity index (χ1n) is 5.37. The minimum Gasteiger partial charge on any atom is -0.477 e. The first-order chi connectivity index (χ1) is 8.80. The Morgan fingerprint density at radius 3 is 2.63 bits per heavy atom. The average Bonchev–Trinajstić information content (AvgIpc) is 2.35. The molecule has 102 valence electrons. The number of carbonyl (C=O) groups is 2. The molecule has 2 heterocycles. The van der Waals surface area contributed by atoms with Gasteiger partial charge in [0.05, 0.1) is 0 Å². The monoisotopic (exact) mass is 274 g/mol. The van der Waals surface area contributed by atoms with E-state index in [-0.39, 0.29) is 25.2 Å². The molecule has 0 saturated carbocycles. The van der Waals surface area contributed by atoms with E-state index < -0.39 is 18.1 Å². The summed E-state index contributed by atoms with van der Waals surface area (Å²) in [7, 11) is 0. The van der Waals surface area contributed by atoms with Crippen LogP contribution in [0.25, 0.3) is 0 Å². The number of nitrogens with zero attached hydrogens (tertiary/aromatic N) is 2. The van der Waals surface area contributed by atoms with E-state index in [0.717, 1.165) is 0 Å². The van der Waals surface area contributed by atoms with Crippen LogP contribution in [0.5, 0.6) is 0 Å². The molecule has 0 fully saturated rings. The molecule has 1 aliphatic rings. The number of carbonyl (C=O) groups excluding carboxylic acids is 1. The van der Waals surface area contributed by atoms with E-state index >= 15 is 0 Å². The van der Waals surface area contributed by atoms with Gasteiger partial charge in [-0.05, 0) is 23.6 Å².